The van der Waals surface area contributed by atoms with Crippen molar-refractivity contribution in [2.24, 2.45) is 0 Å². The second-order valence-corrected chi connectivity index (χ2v) is 10.9. The molecule has 3 rings (SSSR count). The monoisotopic (exact) mass is 441 g/mol. The average molecular weight is 442 g/mol. The largest absolute Gasteiger partial charge is 0.300 e. The number of Topliss-reactive ketones (excluding diaryl/α,β-unsaturated/α-hetero) is 1. The third-order valence-corrected chi connectivity index (χ3v) is 8.66. The van der Waals surface area contributed by atoms with Gasteiger partial charge in [-0.15, -0.1) is 0 Å². The highest BCUT2D eigenvalue weighted by Gasteiger charge is 2.46. The molecule has 1 heterocycles. The van der Waals surface area contributed by atoms with Gasteiger partial charge in [0, 0.05) is 25.0 Å². The Kier molecular flexibility index (Phi) is 8.44. The summed E-state index contributed by atoms with van der Waals surface area (Å²) < 4.78 is 27.3. The molecule has 1 saturated heterocycles. The average Bonchev–Trinajstić information content (AvgIpc) is 3.11. The van der Waals surface area contributed by atoms with E-state index in [1.807, 2.05) is 24.3 Å². The summed E-state index contributed by atoms with van der Waals surface area (Å²) >= 11 is 0. The summed E-state index contributed by atoms with van der Waals surface area (Å²) in [7, 11) is -3.45. The quantitative estimate of drug-likeness (QED) is 0.467. The Hall–Kier alpha value is -1.98. The molecule has 0 aliphatic carbocycles. The number of hydrogen-bond acceptors (Lipinski definition) is 4. The second kappa shape index (κ2) is 11.1. The van der Waals surface area contributed by atoms with E-state index in [1.165, 1.54) is 5.56 Å². The third-order valence-electron chi connectivity index (χ3n) is 6.43. The molecule has 31 heavy (non-hydrogen) atoms. The molecule has 0 amide bonds. The Labute approximate surface area is 187 Å². The summed E-state index contributed by atoms with van der Waals surface area (Å²) in [6.07, 6.45) is 5.82. The zero-order chi connectivity index (χ0) is 22.3. The van der Waals surface area contributed by atoms with Gasteiger partial charge >= 0.3 is 0 Å². The van der Waals surface area contributed by atoms with E-state index in [9.17, 15) is 13.2 Å². The highest BCUT2D eigenvalue weighted by Crippen LogP contribution is 2.38. The van der Waals surface area contributed by atoms with Crippen LogP contribution in [0.3, 0.4) is 0 Å². The van der Waals surface area contributed by atoms with Gasteiger partial charge in [0.25, 0.3) is 0 Å². The summed E-state index contributed by atoms with van der Waals surface area (Å²) in [5.74, 6) is 0.164. The Morgan fingerprint density at radius 3 is 2.23 bits per heavy atom. The van der Waals surface area contributed by atoms with Crippen molar-refractivity contribution in [3.05, 3.63) is 66.2 Å². The molecule has 168 valence electrons. The van der Waals surface area contributed by atoms with Crippen molar-refractivity contribution in [1.82, 2.24) is 4.90 Å². The van der Waals surface area contributed by atoms with Gasteiger partial charge < -0.3 is 4.79 Å². The Morgan fingerprint density at radius 1 is 0.968 bits per heavy atom. The van der Waals surface area contributed by atoms with Crippen LogP contribution < -0.4 is 0 Å². The highest BCUT2D eigenvalue weighted by molar-refractivity contribution is 7.92. The number of likely N-dealkylation sites (tertiary alicyclic amines) is 1. The summed E-state index contributed by atoms with van der Waals surface area (Å²) in [4.78, 5) is 14.4. The molecular formula is C26H35NO3S. The van der Waals surface area contributed by atoms with E-state index >= 15 is 0 Å². The van der Waals surface area contributed by atoms with Crippen LogP contribution in [0.2, 0.25) is 0 Å². The van der Waals surface area contributed by atoms with E-state index in [-0.39, 0.29) is 17.9 Å². The molecule has 0 radical (unpaired) electrons. The second-order valence-electron chi connectivity index (χ2n) is 8.75. The van der Waals surface area contributed by atoms with Crippen molar-refractivity contribution in [2.45, 2.75) is 87.6 Å². The molecule has 0 N–H and O–H groups in total. The molecule has 2 aromatic carbocycles. The molecule has 0 unspecified atom stereocenters. The number of ketones is 1. The summed E-state index contributed by atoms with van der Waals surface area (Å²) in [6, 6.07) is 19.3. The molecule has 1 fully saturated rings. The lowest BCUT2D eigenvalue weighted by Crippen LogP contribution is -2.40. The number of unbranched alkanes of at least 4 members (excludes halogenated alkanes) is 1. The van der Waals surface area contributed by atoms with E-state index in [2.05, 4.69) is 24.0 Å². The van der Waals surface area contributed by atoms with Crippen molar-refractivity contribution >= 4 is 15.6 Å². The number of rotatable bonds is 11. The normalized spacial score (nSPS) is 21.9. The zero-order valence-corrected chi connectivity index (χ0v) is 19.6. The number of nitrogens with zero attached hydrogens (tertiary/aromatic N) is 1. The lowest BCUT2D eigenvalue weighted by Gasteiger charge is -2.32. The summed E-state index contributed by atoms with van der Waals surface area (Å²) in [6.45, 7) is 4.54. The molecule has 1 aliphatic rings. The molecule has 0 saturated carbocycles. The van der Waals surface area contributed by atoms with E-state index in [4.69, 9.17) is 0 Å². The molecule has 0 aromatic heterocycles. The minimum absolute atomic E-state index is 0.0772. The fourth-order valence-electron chi connectivity index (χ4n) is 4.84. The van der Waals surface area contributed by atoms with Gasteiger partial charge in [-0.3, -0.25) is 4.90 Å². The van der Waals surface area contributed by atoms with Gasteiger partial charge in [0.05, 0.1) is 10.1 Å². The van der Waals surface area contributed by atoms with Gasteiger partial charge in [0.2, 0.25) is 0 Å². The predicted octanol–water partition coefficient (Wildman–Crippen LogP) is 5.42. The van der Waals surface area contributed by atoms with Gasteiger partial charge in [-0.05, 0) is 50.3 Å². The smallest absolute Gasteiger partial charge is 0.182 e. The Morgan fingerprint density at radius 2 is 1.61 bits per heavy atom. The highest BCUT2D eigenvalue weighted by atomic mass is 32.2. The number of carbonyl (C=O) groups is 1. The van der Waals surface area contributed by atoms with Crippen LogP contribution >= 0.6 is 0 Å². The Balaban J connectivity index is 1.94. The number of carbonyl (C=O) groups excluding carboxylic acids is 1. The van der Waals surface area contributed by atoms with Gasteiger partial charge in [-0.1, -0.05) is 68.3 Å². The van der Waals surface area contributed by atoms with Crippen LogP contribution in [0.15, 0.2) is 65.6 Å². The molecular weight excluding hydrogens is 406 g/mol. The third kappa shape index (κ3) is 6.05. The molecule has 0 spiro atoms. The minimum Gasteiger partial charge on any atom is -0.300 e. The first-order valence-corrected chi connectivity index (χ1v) is 13.1. The van der Waals surface area contributed by atoms with Gasteiger partial charge in [-0.25, -0.2) is 8.42 Å². The SMILES string of the molecule is CCCC[C@@H]1C[C@@H](S(=O)(=O)c2ccccc2)[C@H](CCCC(C)=O)N1Cc1ccccc1. The summed E-state index contributed by atoms with van der Waals surface area (Å²) in [5.41, 5.74) is 1.21. The van der Waals surface area contributed by atoms with Gasteiger partial charge in [-0.2, -0.15) is 0 Å². The van der Waals surface area contributed by atoms with E-state index in [1.54, 1.807) is 31.2 Å². The van der Waals surface area contributed by atoms with Crippen LogP contribution in [0.4, 0.5) is 0 Å². The zero-order valence-electron chi connectivity index (χ0n) is 18.7. The first-order chi connectivity index (χ1) is 14.9. The van der Waals surface area contributed by atoms with Crippen LogP contribution in [-0.2, 0) is 21.2 Å². The number of hydrogen-bond donors (Lipinski definition) is 0. The Bertz CT molecular complexity index is 928. The van der Waals surface area contributed by atoms with Crippen molar-refractivity contribution in [1.29, 1.82) is 0 Å². The predicted molar refractivity (Wildman–Crippen MR) is 126 cm³/mol. The summed E-state index contributed by atoms with van der Waals surface area (Å²) in [5, 5.41) is -0.438. The van der Waals surface area contributed by atoms with Crippen LogP contribution in [0.5, 0.6) is 0 Å². The van der Waals surface area contributed by atoms with E-state index < -0.39 is 15.1 Å². The molecule has 1 aliphatic heterocycles. The fraction of sp³-hybridized carbons (Fsp3) is 0.500. The topological polar surface area (TPSA) is 54.5 Å². The maximum absolute atomic E-state index is 13.7. The first-order valence-electron chi connectivity index (χ1n) is 11.5. The van der Waals surface area contributed by atoms with Crippen LogP contribution in [0, 0.1) is 0 Å². The lowest BCUT2D eigenvalue weighted by molar-refractivity contribution is -0.117. The lowest BCUT2D eigenvalue weighted by atomic mass is 10.0. The molecule has 4 nitrogen and oxygen atoms in total. The van der Waals surface area contributed by atoms with Crippen molar-refractivity contribution in [3.63, 3.8) is 0 Å². The van der Waals surface area contributed by atoms with Crippen LogP contribution in [-0.4, -0.2) is 36.4 Å². The molecule has 3 atom stereocenters. The van der Waals surface area contributed by atoms with Crippen molar-refractivity contribution < 1.29 is 13.2 Å². The maximum atomic E-state index is 13.7. The first kappa shape index (κ1) is 23.7. The van der Waals surface area contributed by atoms with E-state index in [0.717, 1.165) is 38.6 Å². The molecule has 0 bridgehead atoms. The van der Waals surface area contributed by atoms with Gasteiger partial charge in [0.15, 0.2) is 9.84 Å². The van der Waals surface area contributed by atoms with Crippen LogP contribution in [0.25, 0.3) is 0 Å². The molecule has 2 aromatic rings. The van der Waals surface area contributed by atoms with E-state index in [0.29, 0.717) is 17.7 Å². The van der Waals surface area contributed by atoms with Crippen molar-refractivity contribution in [2.75, 3.05) is 0 Å². The van der Waals surface area contributed by atoms with Crippen molar-refractivity contribution in [3.8, 4) is 0 Å². The standard InChI is InChI=1S/C26H35NO3S/c1-3-4-15-23-19-26(31(29,30)24-16-9-6-10-17-24)25(18-11-12-21(2)28)27(23)20-22-13-7-5-8-14-22/h5-10,13-14,16-17,23,25-26H,3-4,11-12,15,18-20H2,1-2H3/t23-,25+,26-/m1/s1. The van der Waals surface area contributed by atoms with Gasteiger partial charge in [0.1, 0.15) is 5.78 Å². The molecule has 5 heteroatoms. The fourth-order valence-corrected chi connectivity index (χ4v) is 6.91. The minimum atomic E-state index is -3.45. The number of benzene rings is 2. The van der Waals surface area contributed by atoms with Crippen LogP contribution in [0.1, 0.15) is 64.4 Å². The maximum Gasteiger partial charge on any atom is 0.182 e. The number of sulfone groups is 1.